The van der Waals surface area contributed by atoms with E-state index in [1.807, 2.05) is 0 Å². The summed E-state index contributed by atoms with van der Waals surface area (Å²) in [7, 11) is 0. The van der Waals surface area contributed by atoms with Gasteiger partial charge in [0.15, 0.2) is 0 Å². The first kappa shape index (κ1) is 21.1. The summed E-state index contributed by atoms with van der Waals surface area (Å²) in [5, 5.41) is 2.95. The van der Waals surface area contributed by atoms with E-state index < -0.39 is 0 Å². The lowest BCUT2D eigenvalue weighted by Gasteiger charge is -2.37. The van der Waals surface area contributed by atoms with Crippen LogP contribution in [0.4, 0.5) is 5.69 Å². The van der Waals surface area contributed by atoms with Crippen molar-refractivity contribution in [3.05, 3.63) is 119 Å². The summed E-state index contributed by atoms with van der Waals surface area (Å²) in [6.07, 6.45) is 7.10. The van der Waals surface area contributed by atoms with Crippen molar-refractivity contribution >= 4 is 39.6 Å². The maximum absolute atomic E-state index is 6.37. The van der Waals surface area contributed by atoms with Gasteiger partial charge in [0.1, 0.15) is 5.76 Å². The molecule has 1 aliphatic heterocycles. The van der Waals surface area contributed by atoms with Gasteiger partial charge in [0, 0.05) is 11.3 Å². The molecule has 34 heavy (non-hydrogen) atoms. The van der Waals surface area contributed by atoms with Crippen LogP contribution in [0.1, 0.15) is 46.7 Å². The Morgan fingerprint density at radius 2 is 1.59 bits per heavy atom. The van der Waals surface area contributed by atoms with E-state index in [1.54, 1.807) is 0 Å². The van der Waals surface area contributed by atoms with Gasteiger partial charge in [-0.15, -0.1) is 0 Å². The quantitative estimate of drug-likeness (QED) is 0.287. The molecule has 2 aliphatic rings. The molecule has 0 saturated heterocycles. The van der Waals surface area contributed by atoms with Gasteiger partial charge in [-0.25, -0.2) is 0 Å². The van der Waals surface area contributed by atoms with Crippen molar-refractivity contribution in [3.8, 4) is 0 Å². The van der Waals surface area contributed by atoms with Gasteiger partial charge in [-0.3, -0.25) is 4.90 Å². The predicted molar refractivity (Wildman–Crippen MR) is 145 cm³/mol. The number of rotatable bonds is 3. The molecule has 0 amide bonds. The maximum Gasteiger partial charge on any atom is 0.270 e. The molecule has 0 saturated carbocycles. The topological polar surface area (TPSA) is 12.5 Å². The van der Waals surface area contributed by atoms with E-state index in [2.05, 4.69) is 103 Å². The number of anilines is 1. The Morgan fingerprint density at radius 3 is 2.47 bits per heavy atom. The third kappa shape index (κ3) is 3.70. The summed E-state index contributed by atoms with van der Waals surface area (Å²) in [5.41, 5.74) is 7.50. The number of aryl methyl sites for hydroxylation is 3. The van der Waals surface area contributed by atoms with Crippen molar-refractivity contribution in [2.24, 2.45) is 0 Å². The number of nitrogens with zero attached hydrogens (tertiary/aromatic N) is 1. The summed E-state index contributed by atoms with van der Waals surface area (Å²) in [6, 6.07) is 30.2. The van der Waals surface area contributed by atoms with Crippen molar-refractivity contribution in [1.82, 2.24) is 0 Å². The van der Waals surface area contributed by atoms with Crippen molar-refractivity contribution in [2.75, 3.05) is 4.90 Å². The van der Waals surface area contributed by atoms with Crippen LogP contribution in [0.2, 0.25) is 0 Å². The summed E-state index contributed by atoms with van der Waals surface area (Å²) in [4.78, 5) is 2.16. The molecule has 0 spiro atoms. The van der Waals surface area contributed by atoms with E-state index in [4.69, 9.17) is 17.0 Å². The van der Waals surface area contributed by atoms with Crippen molar-refractivity contribution < 1.29 is 4.74 Å². The van der Waals surface area contributed by atoms with E-state index in [-0.39, 0.29) is 6.04 Å². The lowest BCUT2D eigenvalue weighted by atomic mass is 9.89. The second-order valence-electron chi connectivity index (χ2n) is 9.26. The zero-order valence-corrected chi connectivity index (χ0v) is 20.1. The van der Waals surface area contributed by atoms with Crippen LogP contribution in [0.5, 0.6) is 0 Å². The molecule has 0 bridgehead atoms. The molecule has 168 valence electrons. The Morgan fingerprint density at radius 1 is 0.824 bits per heavy atom. The van der Waals surface area contributed by atoms with Crippen LogP contribution in [0.3, 0.4) is 0 Å². The summed E-state index contributed by atoms with van der Waals surface area (Å²) in [5.74, 6) is 0.848. The number of para-hydroxylation sites is 1. The highest BCUT2D eigenvalue weighted by Gasteiger charge is 2.32. The fourth-order valence-electron chi connectivity index (χ4n) is 5.37. The first-order valence-electron chi connectivity index (χ1n) is 12.1. The monoisotopic (exact) mass is 461 g/mol. The van der Waals surface area contributed by atoms with Crippen LogP contribution in [0.15, 0.2) is 91.0 Å². The molecular weight excluding hydrogens is 434 g/mol. The van der Waals surface area contributed by atoms with Crippen LogP contribution in [0.25, 0.3) is 16.5 Å². The van der Waals surface area contributed by atoms with Crippen LogP contribution in [-0.4, -0.2) is 5.17 Å². The number of fused-ring (bicyclic) bond motifs is 2. The molecule has 0 radical (unpaired) electrons. The Bertz CT molecular complexity index is 1430. The molecule has 4 aromatic carbocycles. The summed E-state index contributed by atoms with van der Waals surface area (Å²) in [6.45, 7) is 2.13. The molecule has 1 heterocycles. The number of benzene rings is 4. The van der Waals surface area contributed by atoms with Gasteiger partial charge in [0.05, 0.1) is 6.04 Å². The molecule has 1 atom stereocenters. The van der Waals surface area contributed by atoms with E-state index in [0.717, 1.165) is 23.4 Å². The zero-order chi connectivity index (χ0) is 23.1. The second-order valence-corrected chi connectivity index (χ2v) is 9.61. The number of ether oxygens (including phenoxy) is 1. The predicted octanol–water partition coefficient (Wildman–Crippen LogP) is 7.93. The molecule has 3 heteroatoms. The number of hydrogen-bond donors (Lipinski definition) is 0. The Kier molecular flexibility index (Phi) is 5.43. The lowest BCUT2D eigenvalue weighted by Crippen LogP contribution is -2.38. The molecule has 0 fully saturated rings. The maximum atomic E-state index is 6.37. The highest BCUT2D eigenvalue weighted by molar-refractivity contribution is 7.80. The Labute approximate surface area is 206 Å². The molecule has 1 unspecified atom stereocenters. The zero-order valence-electron chi connectivity index (χ0n) is 19.3. The third-order valence-electron chi connectivity index (χ3n) is 7.13. The largest absolute Gasteiger partial charge is 0.431 e. The third-order valence-corrected chi connectivity index (χ3v) is 7.41. The molecule has 0 N–H and O–H groups in total. The van der Waals surface area contributed by atoms with Gasteiger partial charge >= 0.3 is 0 Å². The second kappa shape index (κ2) is 8.73. The first-order chi connectivity index (χ1) is 16.7. The SMILES string of the molecule is Cc1ccccc1N1C(=S)OC(c2ccc3c(c2)CCCC3)=CC1c1cccc2ccccc12. The lowest BCUT2D eigenvalue weighted by molar-refractivity contribution is 0.479. The van der Waals surface area contributed by atoms with E-state index >= 15 is 0 Å². The van der Waals surface area contributed by atoms with Gasteiger partial charge < -0.3 is 4.74 Å². The molecule has 2 nitrogen and oxygen atoms in total. The number of hydrogen-bond acceptors (Lipinski definition) is 2. The summed E-state index contributed by atoms with van der Waals surface area (Å²) < 4.78 is 6.37. The molecule has 1 aliphatic carbocycles. The molecule has 0 aromatic heterocycles. The highest BCUT2D eigenvalue weighted by Crippen LogP contribution is 2.40. The van der Waals surface area contributed by atoms with Crippen molar-refractivity contribution in [3.63, 3.8) is 0 Å². The normalized spacial score (nSPS) is 17.8. The Balaban J connectivity index is 1.53. The van der Waals surface area contributed by atoms with Crippen molar-refractivity contribution in [1.29, 1.82) is 0 Å². The van der Waals surface area contributed by atoms with Gasteiger partial charge in [-0.1, -0.05) is 72.8 Å². The first-order valence-corrected chi connectivity index (χ1v) is 12.5. The minimum absolute atomic E-state index is 0.0699. The Hall–Kier alpha value is -3.43. The van der Waals surface area contributed by atoms with Crippen molar-refractivity contribution in [2.45, 2.75) is 38.6 Å². The minimum atomic E-state index is -0.0699. The van der Waals surface area contributed by atoms with Gasteiger partial charge in [0.2, 0.25) is 0 Å². The van der Waals surface area contributed by atoms with Gasteiger partial charge in [0.25, 0.3) is 5.17 Å². The van der Waals surface area contributed by atoms with E-state index in [0.29, 0.717) is 5.17 Å². The van der Waals surface area contributed by atoms with Crippen LogP contribution < -0.4 is 4.90 Å². The fourth-order valence-corrected chi connectivity index (χ4v) is 5.67. The van der Waals surface area contributed by atoms with Gasteiger partial charge in [-0.05, 0) is 96.1 Å². The summed E-state index contributed by atoms with van der Waals surface area (Å²) >= 11 is 5.93. The molecule has 4 aromatic rings. The van der Waals surface area contributed by atoms with E-state index in [1.165, 1.54) is 52.3 Å². The van der Waals surface area contributed by atoms with Crippen LogP contribution in [-0.2, 0) is 17.6 Å². The molecule has 6 rings (SSSR count). The fraction of sp³-hybridized carbons (Fsp3) is 0.194. The smallest absolute Gasteiger partial charge is 0.270 e. The molecular formula is C31H27NOS. The number of thiocarbonyl (C=S) groups is 1. The average molecular weight is 462 g/mol. The standard InChI is InChI=1S/C31H27NOS/c1-21-9-2-7-16-28(21)32-29(27-15-8-13-23-11-5-6-14-26(23)27)20-30(33-31(32)34)25-18-17-22-10-3-4-12-24(22)19-25/h2,5-9,11,13-20,29H,3-4,10,12H2,1H3. The van der Waals surface area contributed by atoms with Gasteiger partial charge in [-0.2, -0.15) is 0 Å². The average Bonchev–Trinajstić information content (AvgIpc) is 2.88. The van der Waals surface area contributed by atoms with Crippen LogP contribution in [0, 0.1) is 6.92 Å². The highest BCUT2D eigenvalue weighted by atomic mass is 32.1. The van der Waals surface area contributed by atoms with E-state index in [9.17, 15) is 0 Å². The van der Waals surface area contributed by atoms with Crippen LogP contribution >= 0.6 is 12.2 Å². The minimum Gasteiger partial charge on any atom is -0.431 e.